The number of carbonyl (C=O) groups is 1. The number of amides is 1. The van der Waals surface area contributed by atoms with Crippen molar-refractivity contribution in [3.8, 4) is 11.4 Å². The summed E-state index contributed by atoms with van der Waals surface area (Å²) in [5.74, 6) is 0.472. The predicted octanol–water partition coefficient (Wildman–Crippen LogP) is 4.26. The maximum absolute atomic E-state index is 14.2. The zero-order valence-corrected chi connectivity index (χ0v) is 16.9. The Kier molecular flexibility index (Phi) is 6.24. The Balaban J connectivity index is 1.32. The molecule has 0 saturated heterocycles. The summed E-state index contributed by atoms with van der Waals surface area (Å²) in [7, 11) is 0. The molecule has 3 aromatic rings. The molecule has 0 aliphatic heterocycles. The third kappa shape index (κ3) is 5.03. The third-order valence-corrected chi connectivity index (χ3v) is 5.77. The zero-order valence-electron chi connectivity index (χ0n) is 16.1. The van der Waals surface area contributed by atoms with Gasteiger partial charge in [-0.3, -0.25) is 9.36 Å². The zero-order chi connectivity index (χ0) is 20.1. The maximum Gasteiger partial charge on any atom is 0.230 e. The molecule has 5 nitrogen and oxygen atoms in total. The van der Waals surface area contributed by atoms with Crippen LogP contribution in [0.5, 0.6) is 0 Å². The number of carbonyl (C=O) groups excluding carboxylic acids is 1. The van der Waals surface area contributed by atoms with Gasteiger partial charge in [-0.2, -0.15) is 0 Å². The standard InChI is InChI=1S/C22H23FN4OS/c23-19-11-5-4-10-18(19)21-25-26-22(27(21)17-12-13-17)29-15-20(28)24-14-6-9-16-7-2-1-3-8-16/h1-5,7-8,10-11,17H,6,9,12-15H2,(H,24,28). The lowest BCUT2D eigenvalue weighted by atomic mass is 10.1. The van der Waals surface area contributed by atoms with Gasteiger partial charge in [0.15, 0.2) is 11.0 Å². The van der Waals surface area contributed by atoms with Crippen molar-refractivity contribution in [2.24, 2.45) is 0 Å². The number of halogens is 1. The molecular formula is C22H23FN4OS. The summed E-state index contributed by atoms with van der Waals surface area (Å²) in [6.07, 6.45) is 3.89. The summed E-state index contributed by atoms with van der Waals surface area (Å²) < 4.78 is 16.2. The first kappa shape index (κ1) is 19.6. The van der Waals surface area contributed by atoms with Crippen molar-refractivity contribution in [1.29, 1.82) is 0 Å². The Bertz CT molecular complexity index is 972. The first-order valence-corrected chi connectivity index (χ1v) is 10.8. The van der Waals surface area contributed by atoms with Gasteiger partial charge in [0.25, 0.3) is 0 Å². The summed E-state index contributed by atoms with van der Waals surface area (Å²) in [4.78, 5) is 12.2. The number of aryl methyl sites for hydroxylation is 1. The summed E-state index contributed by atoms with van der Waals surface area (Å²) >= 11 is 1.35. The fourth-order valence-electron chi connectivity index (χ4n) is 3.21. The minimum Gasteiger partial charge on any atom is -0.355 e. The van der Waals surface area contributed by atoms with Crippen LogP contribution < -0.4 is 5.32 Å². The fraction of sp³-hybridized carbons (Fsp3) is 0.318. The monoisotopic (exact) mass is 410 g/mol. The minimum atomic E-state index is -0.311. The Morgan fingerprint density at radius 2 is 1.86 bits per heavy atom. The smallest absolute Gasteiger partial charge is 0.230 e. The average Bonchev–Trinajstić information content (AvgIpc) is 3.50. The molecular weight excluding hydrogens is 387 g/mol. The number of nitrogens with one attached hydrogen (secondary N) is 1. The summed E-state index contributed by atoms with van der Waals surface area (Å²) in [5, 5.41) is 12.1. The lowest BCUT2D eigenvalue weighted by molar-refractivity contribution is -0.118. The molecule has 7 heteroatoms. The molecule has 0 unspecified atom stereocenters. The average molecular weight is 411 g/mol. The molecule has 2 aromatic carbocycles. The highest BCUT2D eigenvalue weighted by atomic mass is 32.2. The van der Waals surface area contributed by atoms with E-state index in [1.807, 2.05) is 22.8 Å². The van der Waals surface area contributed by atoms with E-state index in [0.717, 1.165) is 25.7 Å². The molecule has 0 spiro atoms. The van der Waals surface area contributed by atoms with Crippen LogP contribution in [0.25, 0.3) is 11.4 Å². The SMILES string of the molecule is O=C(CSc1nnc(-c2ccccc2F)n1C1CC1)NCCCc1ccccc1. The molecule has 4 rings (SSSR count). The number of benzene rings is 2. The highest BCUT2D eigenvalue weighted by molar-refractivity contribution is 7.99. The molecule has 0 bridgehead atoms. The van der Waals surface area contributed by atoms with Gasteiger partial charge in [-0.25, -0.2) is 4.39 Å². The molecule has 150 valence electrons. The van der Waals surface area contributed by atoms with E-state index in [2.05, 4.69) is 27.6 Å². The molecule has 0 radical (unpaired) electrons. The summed E-state index contributed by atoms with van der Waals surface area (Å²) in [6, 6.07) is 17.1. The Labute approximate surface area is 173 Å². The van der Waals surface area contributed by atoms with E-state index in [-0.39, 0.29) is 23.5 Å². The van der Waals surface area contributed by atoms with Crippen molar-refractivity contribution in [3.05, 3.63) is 66.0 Å². The van der Waals surface area contributed by atoms with Gasteiger partial charge in [0.05, 0.1) is 11.3 Å². The first-order chi connectivity index (χ1) is 14.2. The van der Waals surface area contributed by atoms with Crippen molar-refractivity contribution >= 4 is 17.7 Å². The van der Waals surface area contributed by atoms with Gasteiger partial charge in [0, 0.05) is 12.6 Å². The summed E-state index contributed by atoms with van der Waals surface area (Å²) in [6.45, 7) is 0.643. The van der Waals surface area contributed by atoms with Gasteiger partial charge >= 0.3 is 0 Å². The molecule has 1 aliphatic carbocycles. The van der Waals surface area contributed by atoms with E-state index in [9.17, 15) is 9.18 Å². The van der Waals surface area contributed by atoms with Crippen molar-refractivity contribution in [2.45, 2.75) is 36.9 Å². The van der Waals surface area contributed by atoms with E-state index >= 15 is 0 Å². The van der Waals surface area contributed by atoms with Crippen LogP contribution in [0.4, 0.5) is 4.39 Å². The molecule has 1 amide bonds. The number of nitrogens with zero attached hydrogens (tertiary/aromatic N) is 3. The second kappa shape index (κ2) is 9.22. The van der Waals surface area contributed by atoms with Crippen LogP contribution in [0, 0.1) is 5.82 Å². The van der Waals surface area contributed by atoms with Gasteiger partial charge in [-0.05, 0) is 43.4 Å². The largest absolute Gasteiger partial charge is 0.355 e. The topological polar surface area (TPSA) is 59.8 Å². The van der Waals surface area contributed by atoms with E-state index in [1.165, 1.54) is 23.4 Å². The van der Waals surface area contributed by atoms with Crippen molar-refractivity contribution < 1.29 is 9.18 Å². The highest BCUT2D eigenvalue weighted by Gasteiger charge is 2.31. The molecule has 1 aromatic heterocycles. The van der Waals surface area contributed by atoms with Gasteiger partial charge in [0.1, 0.15) is 5.82 Å². The highest BCUT2D eigenvalue weighted by Crippen LogP contribution is 2.41. The van der Waals surface area contributed by atoms with Crippen LogP contribution in [0.3, 0.4) is 0 Å². The van der Waals surface area contributed by atoms with Gasteiger partial charge in [-0.1, -0.05) is 54.2 Å². The molecule has 1 N–H and O–H groups in total. The normalized spacial score (nSPS) is 13.4. The molecule has 1 heterocycles. The number of hydrogen-bond acceptors (Lipinski definition) is 4. The second-order valence-electron chi connectivity index (χ2n) is 7.11. The van der Waals surface area contributed by atoms with E-state index in [1.54, 1.807) is 18.2 Å². The van der Waals surface area contributed by atoms with E-state index < -0.39 is 0 Å². The maximum atomic E-state index is 14.2. The number of aromatic nitrogens is 3. The number of hydrogen-bond donors (Lipinski definition) is 1. The van der Waals surface area contributed by atoms with Crippen molar-refractivity contribution in [1.82, 2.24) is 20.1 Å². The predicted molar refractivity (Wildman–Crippen MR) is 112 cm³/mol. The van der Waals surface area contributed by atoms with E-state index in [0.29, 0.717) is 23.1 Å². The molecule has 1 saturated carbocycles. The van der Waals surface area contributed by atoms with Crippen molar-refractivity contribution in [3.63, 3.8) is 0 Å². The van der Waals surface area contributed by atoms with Gasteiger partial charge in [-0.15, -0.1) is 10.2 Å². The van der Waals surface area contributed by atoms with Crippen LogP contribution in [0.2, 0.25) is 0 Å². The molecule has 29 heavy (non-hydrogen) atoms. The lowest BCUT2D eigenvalue weighted by Crippen LogP contribution is -2.26. The Morgan fingerprint density at radius 3 is 2.62 bits per heavy atom. The number of rotatable bonds is 9. The third-order valence-electron chi connectivity index (χ3n) is 4.83. The fourth-order valence-corrected chi connectivity index (χ4v) is 4.05. The van der Waals surface area contributed by atoms with Crippen LogP contribution in [-0.2, 0) is 11.2 Å². The summed E-state index contributed by atoms with van der Waals surface area (Å²) in [5.41, 5.74) is 1.72. The van der Waals surface area contributed by atoms with Crippen LogP contribution >= 0.6 is 11.8 Å². The minimum absolute atomic E-state index is 0.0270. The van der Waals surface area contributed by atoms with Gasteiger partial charge in [0.2, 0.25) is 5.91 Å². The van der Waals surface area contributed by atoms with Crippen molar-refractivity contribution in [2.75, 3.05) is 12.3 Å². The molecule has 1 fully saturated rings. The number of thioether (sulfide) groups is 1. The van der Waals surface area contributed by atoms with E-state index in [4.69, 9.17) is 0 Å². The van der Waals surface area contributed by atoms with Crippen LogP contribution in [-0.4, -0.2) is 33.0 Å². The Morgan fingerprint density at radius 1 is 1.10 bits per heavy atom. The molecule has 1 aliphatic rings. The van der Waals surface area contributed by atoms with Gasteiger partial charge < -0.3 is 5.32 Å². The second-order valence-corrected chi connectivity index (χ2v) is 8.06. The van der Waals surface area contributed by atoms with Crippen LogP contribution in [0.1, 0.15) is 30.9 Å². The lowest BCUT2D eigenvalue weighted by Gasteiger charge is -2.09. The quantitative estimate of drug-likeness (QED) is 0.423. The molecule has 0 atom stereocenters. The first-order valence-electron chi connectivity index (χ1n) is 9.85. The Hall–Kier alpha value is -2.67. The van der Waals surface area contributed by atoms with Crippen LogP contribution in [0.15, 0.2) is 59.8 Å².